The van der Waals surface area contributed by atoms with Crippen molar-refractivity contribution in [2.24, 2.45) is 0 Å². The van der Waals surface area contributed by atoms with Gasteiger partial charge < -0.3 is 9.35 Å². The molecule has 0 radical (unpaired) electrons. The Kier molecular flexibility index (Phi) is 5.01. The van der Waals surface area contributed by atoms with Gasteiger partial charge in [-0.15, -0.1) is 0 Å². The van der Waals surface area contributed by atoms with Gasteiger partial charge >= 0.3 is 0 Å². The van der Waals surface area contributed by atoms with Gasteiger partial charge in [-0.1, -0.05) is 35.3 Å². The molecule has 1 rings (SSSR count). The summed E-state index contributed by atoms with van der Waals surface area (Å²) in [5.41, 5.74) is 1.14. The molecule has 0 heterocycles. The van der Waals surface area contributed by atoms with Crippen molar-refractivity contribution in [3.8, 4) is 0 Å². The van der Waals surface area contributed by atoms with E-state index in [2.05, 4.69) is 0 Å². The normalized spacial score (nSPS) is 12.1. The Labute approximate surface area is 96.0 Å². The number of rotatable bonds is 6. The molecule has 5 heteroatoms. The molecule has 4 nitrogen and oxygen atoms in total. The molecule has 1 aromatic carbocycles. The summed E-state index contributed by atoms with van der Waals surface area (Å²) < 4.78 is 20.8. The Morgan fingerprint density at radius 1 is 1.31 bits per heavy atom. The average molecular weight is 239 g/mol. The molecule has 0 aliphatic rings. The molecule has 0 saturated heterocycles. The summed E-state index contributed by atoms with van der Waals surface area (Å²) in [6.07, 6.45) is 1.11. The van der Waals surface area contributed by atoms with Crippen molar-refractivity contribution in [2.45, 2.75) is 18.6 Å². The van der Waals surface area contributed by atoms with Crippen molar-refractivity contribution in [1.82, 2.24) is 0 Å². The van der Waals surface area contributed by atoms with E-state index in [4.69, 9.17) is 0 Å². The zero-order chi connectivity index (χ0) is 12.0. The fraction of sp³-hybridized carbons (Fsp3) is 0.273. The molecule has 0 N–H and O–H groups in total. The largest absolute Gasteiger partial charge is 0.772 e. The number of hydrogen-bond donors (Lipinski definition) is 0. The van der Waals surface area contributed by atoms with Crippen LogP contribution in [0.1, 0.15) is 28.8 Å². The maximum Gasteiger partial charge on any atom is 0.163 e. The van der Waals surface area contributed by atoms with Gasteiger partial charge in [0.15, 0.2) is 5.78 Å². The fourth-order valence-corrected chi connectivity index (χ4v) is 1.72. The topological polar surface area (TPSA) is 74.3 Å². The fourth-order valence-electron chi connectivity index (χ4n) is 1.26. The highest BCUT2D eigenvalue weighted by atomic mass is 32.2. The van der Waals surface area contributed by atoms with Crippen molar-refractivity contribution in [1.29, 1.82) is 0 Å². The highest BCUT2D eigenvalue weighted by Crippen LogP contribution is 2.09. The molecule has 1 aromatic rings. The third-order valence-electron chi connectivity index (χ3n) is 2.05. The Hall–Kier alpha value is -1.33. The summed E-state index contributed by atoms with van der Waals surface area (Å²) in [7, 11) is 0. The van der Waals surface area contributed by atoms with Gasteiger partial charge in [0.1, 0.15) is 6.29 Å². The maximum atomic E-state index is 11.5. The van der Waals surface area contributed by atoms with Crippen LogP contribution in [0.25, 0.3) is 0 Å². The van der Waals surface area contributed by atoms with Crippen LogP contribution in [-0.4, -0.2) is 20.8 Å². The van der Waals surface area contributed by atoms with Crippen LogP contribution in [0.4, 0.5) is 0 Å². The first-order valence-electron chi connectivity index (χ1n) is 4.75. The van der Waals surface area contributed by atoms with E-state index < -0.39 is 11.1 Å². The molecule has 1 atom stereocenters. The SMILES string of the molecule is O=CCCC(=O)c1ccc(CS(=O)[O-])cc1. The molecular formula is C11H11O4S-. The summed E-state index contributed by atoms with van der Waals surface area (Å²) in [5.74, 6) is -0.162. The molecule has 86 valence electrons. The number of benzene rings is 1. The van der Waals surface area contributed by atoms with Gasteiger partial charge in [0, 0.05) is 24.2 Å². The Morgan fingerprint density at radius 3 is 2.44 bits per heavy atom. The number of aldehydes is 1. The van der Waals surface area contributed by atoms with Crippen LogP contribution in [0.3, 0.4) is 0 Å². The molecule has 0 aliphatic carbocycles. The molecule has 0 bridgehead atoms. The van der Waals surface area contributed by atoms with Crippen molar-refractivity contribution in [3.05, 3.63) is 35.4 Å². The number of hydrogen-bond acceptors (Lipinski definition) is 4. The lowest BCUT2D eigenvalue weighted by Crippen LogP contribution is -2.00. The lowest BCUT2D eigenvalue weighted by molar-refractivity contribution is -0.107. The van der Waals surface area contributed by atoms with Crippen LogP contribution in [0, 0.1) is 0 Å². The van der Waals surface area contributed by atoms with Gasteiger partial charge in [-0.2, -0.15) is 0 Å². The van der Waals surface area contributed by atoms with E-state index >= 15 is 0 Å². The van der Waals surface area contributed by atoms with Gasteiger partial charge in [-0.05, 0) is 5.56 Å². The van der Waals surface area contributed by atoms with E-state index in [1.165, 1.54) is 0 Å². The lowest BCUT2D eigenvalue weighted by Gasteiger charge is -2.05. The lowest BCUT2D eigenvalue weighted by atomic mass is 10.1. The zero-order valence-electron chi connectivity index (χ0n) is 8.55. The number of ketones is 1. The predicted molar refractivity (Wildman–Crippen MR) is 58.7 cm³/mol. The Balaban J connectivity index is 2.66. The monoisotopic (exact) mass is 239 g/mol. The quantitative estimate of drug-likeness (QED) is 0.425. The summed E-state index contributed by atoms with van der Waals surface area (Å²) in [5, 5.41) is 0. The van der Waals surface area contributed by atoms with Crippen molar-refractivity contribution in [2.75, 3.05) is 0 Å². The minimum absolute atomic E-state index is 0.0528. The molecule has 0 amide bonds. The van der Waals surface area contributed by atoms with Crippen molar-refractivity contribution in [3.63, 3.8) is 0 Å². The van der Waals surface area contributed by atoms with Crippen LogP contribution in [0.2, 0.25) is 0 Å². The second kappa shape index (κ2) is 6.30. The van der Waals surface area contributed by atoms with Gasteiger partial charge in [-0.25, -0.2) is 0 Å². The summed E-state index contributed by atoms with van der Waals surface area (Å²) in [6.45, 7) is 0. The summed E-state index contributed by atoms with van der Waals surface area (Å²) in [6, 6.07) is 6.36. The number of Topliss-reactive ketones (excluding diaryl/α,β-unsaturated/α-hetero) is 1. The van der Waals surface area contributed by atoms with E-state index in [1.807, 2.05) is 0 Å². The highest BCUT2D eigenvalue weighted by molar-refractivity contribution is 7.78. The number of carbonyl (C=O) groups is 2. The molecule has 0 aliphatic heterocycles. The minimum Gasteiger partial charge on any atom is -0.772 e. The first kappa shape index (κ1) is 12.7. The summed E-state index contributed by atoms with van der Waals surface area (Å²) >= 11 is -2.12. The maximum absolute atomic E-state index is 11.5. The van der Waals surface area contributed by atoms with E-state index in [1.54, 1.807) is 24.3 Å². The van der Waals surface area contributed by atoms with Crippen molar-refractivity contribution >= 4 is 23.1 Å². The second-order valence-corrected chi connectivity index (χ2v) is 4.17. The van der Waals surface area contributed by atoms with Crippen LogP contribution in [-0.2, 0) is 21.6 Å². The zero-order valence-corrected chi connectivity index (χ0v) is 9.37. The first-order valence-corrected chi connectivity index (χ1v) is 5.99. The van der Waals surface area contributed by atoms with Crippen LogP contribution >= 0.6 is 0 Å². The Morgan fingerprint density at radius 2 is 1.94 bits per heavy atom. The predicted octanol–water partition coefficient (Wildman–Crippen LogP) is 1.23. The molecule has 0 saturated carbocycles. The minimum atomic E-state index is -2.12. The van der Waals surface area contributed by atoms with E-state index in [-0.39, 0.29) is 24.4 Å². The molecule has 0 fully saturated rings. The van der Waals surface area contributed by atoms with Gasteiger partial charge in [0.25, 0.3) is 0 Å². The van der Waals surface area contributed by atoms with Gasteiger partial charge in [-0.3, -0.25) is 9.00 Å². The molecule has 0 spiro atoms. The van der Waals surface area contributed by atoms with Gasteiger partial charge in [0.05, 0.1) is 0 Å². The molecule has 0 aromatic heterocycles. The highest BCUT2D eigenvalue weighted by Gasteiger charge is 2.04. The van der Waals surface area contributed by atoms with E-state index in [0.717, 1.165) is 0 Å². The number of carbonyl (C=O) groups excluding carboxylic acids is 2. The average Bonchev–Trinajstić information content (AvgIpc) is 2.26. The van der Waals surface area contributed by atoms with E-state index in [9.17, 15) is 18.4 Å². The molecular weight excluding hydrogens is 228 g/mol. The smallest absolute Gasteiger partial charge is 0.163 e. The third kappa shape index (κ3) is 4.04. The Bertz CT molecular complexity index is 397. The first-order chi connectivity index (χ1) is 7.63. The second-order valence-electron chi connectivity index (χ2n) is 3.27. The van der Waals surface area contributed by atoms with Crippen LogP contribution in [0.5, 0.6) is 0 Å². The molecule has 1 unspecified atom stereocenters. The third-order valence-corrected chi connectivity index (χ3v) is 2.62. The van der Waals surface area contributed by atoms with Gasteiger partial charge in [0.2, 0.25) is 0 Å². The molecule has 16 heavy (non-hydrogen) atoms. The van der Waals surface area contributed by atoms with Crippen LogP contribution in [0.15, 0.2) is 24.3 Å². The standard InChI is InChI=1S/C11H12O4S/c12-7-1-2-11(13)10-5-3-9(4-6-10)8-16(14)15/h3-7H,1-2,8H2,(H,14,15)/p-1. The summed E-state index contributed by atoms with van der Waals surface area (Å²) in [4.78, 5) is 21.6. The van der Waals surface area contributed by atoms with E-state index in [0.29, 0.717) is 17.4 Å². The van der Waals surface area contributed by atoms with Crippen molar-refractivity contribution < 1.29 is 18.4 Å². The van der Waals surface area contributed by atoms with Crippen LogP contribution < -0.4 is 0 Å².